The third-order valence-electron chi connectivity index (χ3n) is 3.93. The molecule has 0 aromatic carbocycles. The molecule has 19 heavy (non-hydrogen) atoms. The predicted octanol–water partition coefficient (Wildman–Crippen LogP) is 2.48. The molecule has 1 unspecified atom stereocenters. The summed E-state index contributed by atoms with van der Waals surface area (Å²) in [5.41, 5.74) is 0.767. The largest absolute Gasteiger partial charge is 0.342 e. The molecule has 0 amide bonds. The maximum Gasteiger partial charge on any atom is 0.272 e. The predicted molar refractivity (Wildman–Crippen MR) is 80.5 cm³/mol. The minimum atomic E-state index is -0.00929. The van der Waals surface area contributed by atoms with Crippen LogP contribution in [-0.4, -0.2) is 22.6 Å². The summed E-state index contributed by atoms with van der Waals surface area (Å²) < 4.78 is 3.07. The highest BCUT2D eigenvalue weighted by Gasteiger charge is 2.15. The summed E-state index contributed by atoms with van der Waals surface area (Å²) in [6.07, 6.45) is 7.41. The van der Waals surface area contributed by atoms with E-state index < -0.39 is 0 Å². The van der Waals surface area contributed by atoms with E-state index >= 15 is 0 Å². The van der Waals surface area contributed by atoms with Gasteiger partial charge in [-0.25, -0.2) is 0 Å². The molecule has 0 saturated carbocycles. The van der Waals surface area contributed by atoms with Crippen LogP contribution in [0.4, 0.5) is 0 Å². The number of aryl methyl sites for hydroxylation is 1. The number of fused-ring (bicyclic) bond motifs is 1. The zero-order valence-corrected chi connectivity index (χ0v) is 12.4. The Morgan fingerprint density at radius 1 is 1.47 bits per heavy atom. The van der Waals surface area contributed by atoms with Crippen molar-refractivity contribution in [2.45, 2.75) is 25.8 Å². The van der Waals surface area contributed by atoms with Crippen LogP contribution in [0.1, 0.15) is 19.3 Å². The highest BCUT2D eigenvalue weighted by molar-refractivity contribution is 9.10. The Labute approximate surface area is 120 Å². The first-order valence-electron chi connectivity index (χ1n) is 6.82. The third kappa shape index (κ3) is 2.62. The van der Waals surface area contributed by atoms with Crippen LogP contribution >= 0.6 is 15.9 Å². The number of nitrogens with zero attached hydrogens (tertiary/aromatic N) is 1. The topological polar surface area (TPSA) is 49.8 Å². The molecule has 102 valence electrons. The standard InChI is InChI=1S/C14H18BrN3O/c15-12-9-18(7-4-10-2-1-5-16-8-10)13-11(12)3-6-17-14(13)19/h3,6,9-10,16H,1-2,4-5,7-8H2,(H,17,19). The minimum absolute atomic E-state index is 0.00929. The fourth-order valence-electron chi connectivity index (χ4n) is 2.89. The van der Waals surface area contributed by atoms with Crippen LogP contribution in [0.25, 0.3) is 10.9 Å². The average Bonchev–Trinajstić information content (AvgIpc) is 2.76. The lowest BCUT2D eigenvalue weighted by Crippen LogP contribution is -2.30. The molecule has 2 N–H and O–H groups in total. The van der Waals surface area contributed by atoms with Gasteiger partial charge in [-0.1, -0.05) is 0 Å². The molecular formula is C14H18BrN3O. The molecule has 3 rings (SSSR count). The maximum atomic E-state index is 12.0. The van der Waals surface area contributed by atoms with Crippen LogP contribution in [0, 0.1) is 5.92 Å². The van der Waals surface area contributed by atoms with Gasteiger partial charge < -0.3 is 14.9 Å². The molecule has 5 heteroatoms. The molecule has 4 nitrogen and oxygen atoms in total. The second kappa shape index (κ2) is 5.51. The number of aromatic nitrogens is 2. The van der Waals surface area contributed by atoms with Crippen LogP contribution in [0.15, 0.2) is 27.7 Å². The molecule has 3 heterocycles. The van der Waals surface area contributed by atoms with Crippen LogP contribution in [-0.2, 0) is 6.54 Å². The van der Waals surface area contributed by atoms with Crippen molar-refractivity contribution < 1.29 is 0 Å². The number of halogens is 1. The summed E-state index contributed by atoms with van der Waals surface area (Å²) >= 11 is 3.53. The normalized spacial score (nSPS) is 19.9. The number of rotatable bonds is 3. The van der Waals surface area contributed by atoms with Crippen molar-refractivity contribution in [3.63, 3.8) is 0 Å². The Balaban J connectivity index is 1.82. The first kappa shape index (κ1) is 12.9. The molecule has 0 radical (unpaired) electrons. The quantitative estimate of drug-likeness (QED) is 0.911. The lowest BCUT2D eigenvalue weighted by Gasteiger charge is -2.22. The molecular weight excluding hydrogens is 306 g/mol. The molecule has 0 aliphatic carbocycles. The van der Waals surface area contributed by atoms with E-state index in [0.717, 1.165) is 47.3 Å². The molecule has 1 aliphatic rings. The van der Waals surface area contributed by atoms with Crippen molar-refractivity contribution >= 4 is 26.8 Å². The van der Waals surface area contributed by atoms with Gasteiger partial charge in [0.05, 0.1) is 0 Å². The van der Waals surface area contributed by atoms with Crippen molar-refractivity contribution in [2.24, 2.45) is 5.92 Å². The van der Waals surface area contributed by atoms with Gasteiger partial charge in [-0.2, -0.15) is 0 Å². The van der Waals surface area contributed by atoms with Gasteiger partial charge in [0.15, 0.2) is 0 Å². The number of pyridine rings is 1. The van der Waals surface area contributed by atoms with Gasteiger partial charge in [0, 0.05) is 28.8 Å². The molecule has 0 spiro atoms. The van der Waals surface area contributed by atoms with E-state index in [9.17, 15) is 4.79 Å². The second-order valence-electron chi connectivity index (χ2n) is 5.24. The fraction of sp³-hybridized carbons (Fsp3) is 0.500. The molecule has 1 fully saturated rings. The molecule has 1 saturated heterocycles. The highest BCUT2D eigenvalue weighted by atomic mass is 79.9. The molecule has 1 atom stereocenters. The van der Waals surface area contributed by atoms with Crippen LogP contribution in [0.5, 0.6) is 0 Å². The van der Waals surface area contributed by atoms with Gasteiger partial charge >= 0.3 is 0 Å². The van der Waals surface area contributed by atoms with Gasteiger partial charge in [-0.3, -0.25) is 4.79 Å². The van der Waals surface area contributed by atoms with Crippen molar-refractivity contribution in [2.75, 3.05) is 13.1 Å². The molecule has 2 aromatic rings. The first-order chi connectivity index (χ1) is 9.25. The van der Waals surface area contributed by atoms with E-state index in [1.165, 1.54) is 12.8 Å². The number of hydrogen-bond donors (Lipinski definition) is 2. The van der Waals surface area contributed by atoms with E-state index in [1.807, 2.05) is 12.3 Å². The van der Waals surface area contributed by atoms with Gasteiger partial charge in [-0.15, -0.1) is 0 Å². The van der Waals surface area contributed by atoms with Gasteiger partial charge in [-0.05, 0) is 60.3 Å². The molecule has 0 bridgehead atoms. The van der Waals surface area contributed by atoms with E-state index in [-0.39, 0.29) is 5.56 Å². The Kier molecular flexibility index (Phi) is 3.75. The van der Waals surface area contributed by atoms with Crippen molar-refractivity contribution in [3.05, 3.63) is 33.3 Å². The van der Waals surface area contributed by atoms with E-state index in [1.54, 1.807) is 6.20 Å². The van der Waals surface area contributed by atoms with Crippen LogP contribution in [0.3, 0.4) is 0 Å². The van der Waals surface area contributed by atoms with Crippen LogP contribution < -0.4 is 10.9 Å². The zero-order valence-electron chi connectivity index (χ0n) is 10.8. The van der Waals surface area contributed by atoms with Gasteiger partial charge in [0.1, 0.15) is 5.52 Å². The summed E-state index contributed by atoms with van der Waals surface area (Å²) in [4.78, 5) is 14.7. The Hall–Kier alpha value is -1.07. The van der Waals surface area contributed by atoms with Crippen molar-refractivity contribution in [1.29, 1.82) is 0 Å². The monoisotopic (exact) mass is 323 g/mol. The Bertz CT molecular complexity index is 625. The number of nitrogens with one attached hydrogen (secondary N) is 2. The molecule has 1 aliphatic heterocycles. The second-order valence-corrected chi connectivity index (χ2v) is 6.09. The van der Waals surface area contributed by atoms with Crippen molar-refractivity contribution in [3.8, 4) is 0 Å². The van der Waals surface area contributed by atoms with E-state index in [0.29, 0.717) is 0 Å². The smallest absolute Gasteiger partial charge is 0.272 e. The fourth-order valence-corrected chi connectivity index (χ4v) is 3.45. The Morgan fingerprint density at radius 3 is 3.16 bits per heavy atom. The maximum absolute atomic E-state index is 12.0. The first-order valence-corrected chi connectivity index (χ1v) is 7.62. The lowest BCUT2D eigenvalue weighted by atomic mass is 9.96. The lowest BCUT2D eigenvalue weighted by molar-refractivity contribution is 0.343. The van der Waals surface area contributed by atoms with E-state index in [4.69, 9.17) is 0 Å². The number of piperidine rings is 1. The number of hydrogen-bond acceptors (Lipinski definition) is 2. The number of H-pyrrole nitrogens is 1. The summed E-state index contributed by atoms with van der Waals surface area (Å²) in [6, 6.07) is 1.94. The van der Waals surface area contributed by atoms with Crippen molar-refractivity contribution in [1.82, 2.24) is 14.9 Å². The highest BCUT2D eigenvalue weighted by Crippen LogP contribution is 2.24. The zero-order chi connectivity index (χ0) is 13.2. The summed E-state index contributed by atoms with van der Waals surface area (Å²) in [5.74, 6) is 0.729. The van der Waals surface area contributed by atoms with E-state index in [2.05, 4.69) is 30.8 Å². The Morgan fingerprint density at radius 2 is 2.37 bits per heavy atom. The number of aromatic amines is 1. The molecule has 2 aromatic heterocycles. The van der Waals surface area contributed by atoms with Crippen LogP contribution in [0.2, 0.25) is 0 Å². The third-order valence-corrected chi connectivity index (χ3v) is 4.56. The SMILES string of the molecule is O=c1[nH]ccc2c(Br)cn(CCC3CCCNC3)c12. The minimum Gasteiger partial charge on any atom is -0.342 e. The summed E-state index contributed by atoms with van der Waals surface area (Å²) in [7, 11) is 0. The van der Waals surface area contributed by atoms with Gasteiger partial charge in [0.2, 0.25) is 0 Å². The average molecular weight is 324 g/mol. The van der Waals surface area contributed by atoms with Gasteiger partial charge in [0.25, 0.3) is 5.56 Å². The summed E-state index contributed by atoms with van der Waals surface area (Å²) in [6.45, 7) is 3.16. The summed E-state index contributed by atoms with van der Waals surface area (Å²) in [5, 5.41) is 4.43.